The van der Waals surface area contributed by atoms with Crippen molar-refractivity contribution in [1.82, 2.24) is 49.8 Å². The van der Waals surface area contributed by atoms with Gasteiger partial charge in [0.25, 0.3) is 11.8 Å². The van der Waals surface area contributed by atoms with Crippen molar-refractivity contribution >= 4 is 57.8 Å². The van der Waals surface area contributed by atoms with Gasteiger partial charge in [0.2, 0.25) is 0 Å². The second-order valence-corrected chi connectivity index (χ2v) is 24.0. The molecule has 0 spiro atoms. The molecular formula is C65H85N17O5. The van der Waals surface area contributed by atoms with Crippen LogP contribution in [0.1, 0.15) is 77.9 Å². The lowest BCUT2D eigenvalue weighted by atomic mass is 10.0. The van der Waals surface area contributed by atoms with E-state index < -0.39 is 5.91 Å². The van der Waals surface area contributed by atoms with Crippen LogP contribution in [-0.2, 0) is 9.47 Å². The molecule has 0 radical (unpaired) electrons. The summed E-state index contributed by atoms with van der Waals surface area (Å²) in [5.74, 6) is 1.45. The Morgan fingerprint density at radius 2 is 1.16 bits per heavy atom. The number of nitrogens with one attached hydrogen (secondary N) is 5. The maximum Gasteiger partial charge on any atom is 0.274 e. The Labute approximate surface area is 511 Å². The Kier molecular flexibility index (Phi) is 19.2. The van der Waals surface area contributed by atoms with Gasteiger partial charge >= 0.3 is 0 Å². The molecule has 3 aromatic carbocycles. The summed E-state index contributed by atoms with van der Waals surface area (Å²) < 4.78 is 17.3. The van der Waals surface area contributed by atoms with Gasteiger partial charge in [-0.15, -0.1) is 0 Å². The quantitative estimate of drug-likeness (QED) is 0.0468. The number of hydrogen-bond acceptors (Lipinski definition) is 20. The summed E-state index contributed by atoms with van der Waals surface area (Å²) in [5, 5.41) is 17.5. The minimum absolute atomic E-state index is 0.0352. The van der Waals surface area contributed by atoms with E-state index in [2.05, 4.69) is 99.2 Å². The van der Waals surface area contributed by atoms with Crippen LogP contribution in [0.15, 0.2) is 91.3 Å². The number of primary amides is 1. The number of carbonyl (C=O) groups excluding carboxylic acids is 2. The Morgan fingerprint density at radius 3 is 1.75 bits per heavy atom. The molecule has 6 aliphatic rings. The SMILES string of the molecule is COc1cc(N2CCC(N3CCN(CNC(=O)c4nc(-c5ccncc5)c(NC5CCOCC5)nc4Nc4ccc(N5CCC(N6CCN(C)CC6)CC5)c(C)c4)CC3)CC2)ccc1Nc1nc(NC2CCOCC2)c(-c2ccccc2)nc1C(N)=O. The predicted molar refractivity (Wildman–Crippen MR) is 342 cm³/mol. The number of hydrogen-bond donors (Lipinski definition) is 6. The van der Waals surface area contributed by atoms with E-state index >= 15 is 0 Å². The fraction of sp³-hybridized carbons (Fsp3) is 0.492. The van der Waals surface area contributed by atoms with Gasteiger partial charge in [0.1, 0.15) is 17.1 Å². The molecular weight excluding hydrogens is 1100 g/mol. The highest BCUT2D eigenvalue weighted by Gasteiger charge is 2.32. The Hall–Kier alpha value is -7.73. The number of aromatic nitrogens is 5. The van der Waals surface area contributed by atoms with Gasteiger partial charge in [0.05, 0.1) is 19.5 Å². The summed E-state index contributed by atoms with van der Waals surface area (Å²) in [5.41, 5.74) is 14.0. The summed E-state index contributed by atoms with van der Waals surface area (Å²) in [4.78, 5) is 67.1. The molecule has 0 atom stereocenters. The van der Waals surface area contributed by atoms with Crippen LogP contribution in [0, 0.1) is 6.92 Å². The van der Waals surface area contributed by atoms with E-state index in [0.29, 0.717) is 85.5 Å². The van der Waals surface area contributed by atoms with Gasteiger partial charge in [-0.3, -0.25) is 29.3 Å². The van der Waals surface area contributed by atoms with Crippen molar-refractivity contribution < 1.29 is 23.8 Å². The number of amides is 2. The Bertz CT molecular complexity index is 3280. The first-order chi connectivity index (χ1) is 42.6. The predicted octanol–water partition coefficient (Wildman–Crippen LogP) is 7.27. The minimum Gasteiger partial charge on any atom is -0.494 e. The molecule has 6 aliphatic heterocycles. The maximum atomic E-state index is 14.6. The van der Waals surface area contributed by atoms with Crippen LogP contribution >= 0.6 is 0 Å². The van der Waals surface area contributed by atoms with Crippen LogP contribution in [0.25, 0.3) is 22.5 Å². The lowest BCUT2D eigenvalue weighted by molar-refractivity contribution is 0.0729. The molecule has 2 amide bonds. The second kappa shape index (κ2) is 28.0. The van der Waals surface area contributed by atoms with Crippen LogP contribution in [0.2, 0.25) is 0 Å². The number of anilines is 8. The highest BCUT2D eigenvalue weighted by Crippen LogP contribution is 2.38. The number of methoxy groups -OCH3 is 1. The lowest BCUT2D eigenvalue weighted by Gasteiger charge is -2.43. The first-order valence-corrected chi connectivity index (χ1v) is 31.4. The summed E-state index contributed by atoms with van der Waals surface area (Å²) in [6, 6.07) is 27.4. The van der Waals surface area contributed by atoms with Gasteiger partial charge in [0, 0.05) is 176 Å². The van der Waals surface area contributed by atoms with E-state index in [1.54, 1.807) is 19.5 Å². The molecule has 87 heavy (non-hydrogen) atoms. The Morgan fingerprint density at radius 1 is 0.598 bits per heavy atom. The summed E-state index contributed by atoms with van der Waals surface area (Å²) in [6.07, 6.45) is 11.2. The molecule has 12 rings (SSSR count). The smallest absolute Gasteiger partial charge is 0.274 e. The molecule has 0 saturated carbocycles. The van der Waals surface area contributed by atoms with Crippen LogP contribution in [0.3, 0.4) is 0 Å². The molecule has 7 N–H and O–H groups in total. The minimum atomic E-state index is -0.689. The molecule has 3 aromatic heterocycles. The average molecular weight is 1180 g/mol. The third-order valence-electron chi connectivity index (χ3n) is 18.3. The maximum absolute atomic E-state index is 14.6. The van der Waals surface area contributed by atoms with Crippen LogP contribution in [0.5, 0.6) is 5.75 Å². The van der Waals surface area contributed by atoms with E-state index in [4.69, 9.17) is 39.9 Å². The monoisotopic (exact) mass is 1180 g/mol. The number of pyridine rings is 1. The molecule has 460 valence electrons. The number of carbonyl (C=O) groups is 2. The zero-order valence-electron chi connectivity index (χ0n) is 50.7. The number of aryl methyl sites for hydroxylation is 1. The van der Waals surface area contributed by atoms with Crippen molar-refractivity contribution in [3.05, 3.63) is 108 Å². The third-order valence-corrected chi connectivity index (χ3v) is 18.3. The molecule has 6 fully saturated rings. The normalized spacial score (nSPS) is 19.4. The highest BCUT2D eigenvalue weighted by atomic mass is 16.5. The summed E-state index contributed by atoms with van der Waals surface area (Å²) >= 11 is 0. The number of benzene rings is 3. The Balaban J connectivity index is 0.680. The summed E-state index contributed by atoms with van der Waals surface area (Å²) in [7, 11) is 3.86. The van der Waals surface area contributed by atoms with Gasteiger partial charge in [-0.05, 0) is 113 Å². The molecule has 0 unspecified atom stereocenters. The number of piperazine rings is 2. The molecule has 6 saturated heterocycles. The molecule has 0 aliphatic carbocycles. The van der Waals surface area contributed by atoms with E-state index in [0.717, 1.165) is 140 Å². The fourth-order valence-corrected chi connectivity index (χ4v) is 13.2. The largest absolute Gasteiger partial charge is 0.494 e. The number of ether oxygens (including phenoxy) is 3. The van der Waals surface area contributed by atoms with Crippen molar-refractivity contribution in [1.29, 1.82) is 0 Å². The third kappa shape index (κ3) is 14.5. The first kappa shape index (κ1) is 59.6. The number of nitrogens with two attached hydrogens (primary N) is 1. The van der Waals surface area contributed by atoms with Crippen molar-refractivity contribution in [3.63, 3.8) is 0 Å². The van der Waals surface area contributed by atoms with Crippen molar-refractivity contribution in [3.8, 4) is 28.3 Å². The van der Waals surface area contributed by atoms with E-state index in [-0.39, 0.29) is 35.2 Å². The lowest BCUT2D eigenvalue weighted by Crippen LogP contribution is -2.54. The second-order valence-electron chi connectivity index (χ2n) is 24.0. The molecule has 22 nitrogen and oxygen atoms in total. The average Bonchev–Trinajstić information content (AvgIpc) is 3.61. The fourth-order valence-electron chi connectivity index (χ4n) is 13.2. The number of piperidine rings is 2. The van der Waals surface area contributed by atoms with Crippen molar-refractivity contribution in [2.75, 3.05) is 157 Å². The van der Waals surface area contributed by atoms with Gasteiger partial charge in [0.15, 0.2) is 34.7 Å². The first-order valence-electron chi connectivity index (χ1n) is 31.4. The number of rotatable bonds is 19. The number of nitrogens with zero attached hydrogens (tertiary/aromatic N) is 11. The van der Waals surface area contributed by atoms with Gasteiger partial charge in [-0.1, -0.05) is 30.3 Å². The molecule has 22 heteroatoms. The van der Waals surface area contributed by atoms with Crippen molar-refractivity contribution in [2.45, 2.75) is 82.5 Å². The zero-order chi connectivity index (χ0) is 59.6. The molecule has 6 aromatic rings. The molecule has 0 bridgehead atoms. The van der Waals surface area contributed by atoms with Crippen molar-refractivity contribution in [2.24, 2.45) is 5.73 Å². The zero-order valence-corrected chi connectivity index (χ0v) is 50.7. The van der Waals surface area contributed by atoms with Crippen LogP contribution in [-0.4, -0.2) is 206 Å². The topological polar surface area (TPSA) is 232 Å². The molecule has 9 heterocycles. The van der Waals surface area contributed by atoms with Gasteiger partial charge in [-0.25, -0.2) is 19.9 Å². The van der Waals surface area contributed by atoms with E-state index in [1.165, 1.54) is 24.1 Å². The van der Waals surface area contributed by atoms with Gasteiger partial charge < -0.3 is 61.2 Å². The number of likely N-dealkylation sites (N-methyl/N-ethyl adjacent to an activating group) is 1. The van der Waals surface area contributed by atoms with Crippen LogP contribution in [0.4, 0.5) is 46.0 Å². The van der Waals surface area contributed by atoms with E-state index in [1.807, 2.05) is 54.6 Å². The van der Waals surface area contributed by atoms with Gasteiger partial charge in [-0.2, -0.15) is 0 Å². The van der Waals surface area contributed by atoms with E-state index in [9.17, 15) is 9.59 Å². The van der Waals surface area contributed by atoms with Crippen LogP contribution < -0.4 is 46.9 Å². The standard InChI is InChI=1S/C65H85N17O5/c1-44-41-49(9-12-54(44)82-27-17-51(18-28-82)80-33-29-77(2)30-34-80)71-64-59(74-57(46-13-23-67-24-14-46)62(76-64)70-48-21-39-87-40-22-48)65(84)68-43-78-31-35-81(36-32-78)50-15-25-79(26-16-50)52-10-11-53(55(42-52)85-3)72-63-58(60(66)83)73-56(45-7-5-4-6-8-45)61(75-63)69-47-19-37-86-38-20-47/h4-14,23-24,41-42,47-48,50-51H,15-22,25-40,43H2,1-3H3,(H2,66,83)(H,68,84)(H2,69,72,75)(H2,70,71,76). The highest BCUT2D eigenvalue weighted by molar-refractivity contribution is 5.99. The summed E-state index contributed by atoms with van der Waals surface area (Å²) in [6.45, 7) is 17.1.